The zero-order chi connectivity index (χ0) is 14.4. The standard InChI is InChI=1S/C13H16ClNO4/c1-2-3-9(7-12(17)18)15-13(19)10-6-8(14)4-5-11(10)16/h4-6,9,16H,2-3,7H2,1H3,(H,15,19)(H,17,18). The van der Waals surface area contributed by atoms with Gasteiger partial charge in [-0.15, -0.1) is 0 Å². The fourth-order valence-electron chi connectivity index (χ4n) is 1.74. The average molecular weight is 286 g/mol. The Labute approximate surface area is 116 Å². The minimum absolute atomic E-state index is 0.0407. The summed E-state index contributed by atoms with van der Waals surface area (Å²) in [5.74, 6) is -1.69. The van der Waals surface area contributed by atoms with Crippen LogP contribution in [0.3, 0.4) is 0 Å². The summed E-state index contributed by atoms with van der Waals surface area (Å²) in [6, 6.07) is 3.67. The lowest BCUT2D eigenvalue weighted by Crippen LogP contribution is -2.36. The van der Waals surface area contributed by atoms with Crippen molar-refractivity contribution in [3.05, 3.63) is 28.8 Å². The van der Waals surface area contributed by atoms with E-state index >= 15 is 0 Å². The predicted molar refractivity (Wildman–Crippen MR) is 71.5 cm³/mol. The molecule has 3 N–H and O–H groups in total. The number of phenols is 1. The van der Waals surface area contributed by atoms with Crippen LogP contribution in [-0.2, 0) is 4.79 Å². The molecule has 0 spiro atoms. The van der Waals surface area contributed by atoms with Gasteiger partial charge in [-0.05, 0) is 24.6 Å². The number of carbonyl (C=O) groups excluding carboxylic acids is 1. The number of nitrogens with one attached hydrogen (secondary N) is 1. The summed E-state index contributed by atoms with van der Waals surface area (Å²) < 4.78 is 0. The van der Waals surface area contributed by atoms with Crippen LogP contribution in [0.15, 0.2) is 18.2 Å². The number of carboxylic acid groups (broad SMARTS) is 1. The SMILES string of the molecule is CCCC(CC(=O)O)NC(=O)c1cc(Cl)ccc1O. The second kappa shape index (κ2) is 6.99. The quantitative estimate of drug-likeness (QED) is 0.749. The van der Waals surface area contributed by atoms with Crippen molar-refractivity contribution >= 4 is 23.5 Å². The third-order valence-corrected chi connectivity index (χ3v) is 2.83. The number of benzene rings is 1. The summed E-state index contributed by atoms with van der Waals surface area (Å²) in [4.78, 5) is 22.7. The second-order valence-corrected chi connectivity index (χ2v) is 4.65. The van der Waals surface area contributed by atoms with Crippen molar-refractivity contribution in [2.45, 2.75) is 32.2 Å². The number of rotatable bonds is 6. The Kier molecular flexibility index (Phi) is 5.63. The Balaban J connectivity index is 2.81. The van der Waals surface area contributed by atoms with Crippen LogP contribution in [0.2, 0.25) is 5.02 Å². The molecule has 19 heavy (non-hydrogen) atoms. The van der Waals surface area contributed by atoms with Gasteiger partial charge in [-0.1, -0.05) is 24.9 Å². The van der Waals surface area contributed by atoms with Gasteiger partial charge in [0.2, 0.25) is 0 Å². The van der Waals surface area contributed by atoms with Crippen molar-refractivity contribution in [1.82, 2.24) is 5.32 Å². The van der Waals surface area contributed by atoms with Crippen molar-refractivity contribution in [3.8, 4) is 5.75 Å². The van der Waals surface area contributed by atoms with Gasteiger partial charge in [0, 0.05) is 11.1 Å². The Hall–Kier alpha value is -1.75. The first-order valence-electron chi connectivity index (χ1n) is 5.95. The summed E-state index contributed by atoms with van der Waals surface area (Å²) in [6.45, 7) is 1.90. The predicted octanol–water partition coefficient (Wildman–Crippen LogP) is 2.42. The third-order valence-electron chi connectivity index (χ3n) is 2.60. The number of carboxylic acids is 1. The Morgan fingerprint density at radius 1 is 1.42 bits per heavy atom. The number of carbonyl (C=O) groups is 2. The van der Waals surface area contributed by atoms with Gasteiger partial charge in [0.1, 0.15) is 5.75 Å². The molecule has 0 fully saturated rings. The van der Waals surface area contributed by atoms with E-state index in [0.29, 0.717) is 11.4 Å². The number of halogens is 1. The second-order valence-electron chi connectivity index (χ2n) is 4.22. The fraction of sp³-hybridized carbons (Fsp3) is 0.385. The highest BCUT2D eigenvalue weighted by atomic mass is 35.5. The molecule has 0 radical (unpaired) electrons. The molecule has 1 amide bonds. The molecular formula is C13H16ClNO4. The van der Waals surface area contributed by atoms with Gasteiger partial charge >= 0.3 is 5.97 Å². The Morgan fingerprint density at radius 2 is 2.11 bits per heavy atom. The maximum Gasteiger partial charge on any atom is 0.305 e. The Morgan fingerprint density at radius 3 is 2.68 bits per heavy atom. The van der Waals surface area contributed by atoms with E-state index in [9.17, 15) is 14.7 Å². The third kappa shape index (κ3) is 4.79. The summed E-state index contributed by atoms with van der Waals surface area (Å²) in [6.07, 6.45) is 1.15. The summed E-state index contributed by atoms with van der Waals surface area (Å²) >= 11 is 5.76. The zero-order valence-electron chi connectivity index (χ0n) is 10.5. The molecule has 0 aromatic heterocycles. The van der Waals surface area contributed by atoms with Crippen LogP contribution in [0.25, 0.3) is 0 Å². The Bertz CT molecular complexity index is 476. The number of hydrogen-bond donors (Lipinski definition) is 3. The molecule has 0 saturated heterocycles. The molecule has 0 heterocycles. The first-order chi connectivity index (χ1) is 8.93. The normalized spacial score (nSPS) is 11.9. The topological polar surface area (TPSA) is 86.6 Å². The molecule has 1 unspecified atom stereocenters. The van der Waals surface area contributed by atoms with Crippen LogP contribution < -0.4 is 5.32 Å². The van der Waals surface area contributed by atoms with E-state index in [1.807, 2.05) is 6.92 Å². The van der Waals surface area contributed by atoms with E-state index in [0.717, 1.165) is 6.42 Å². The van der Waals surface area contributed by atoms with Crippen LogP contribution in [0.4, 0.5) is 0 Å². The molecule has 1 atom stereocenters. The maximum atomic E-state index is 12.0. The van der Waals surface area contributed by atoms with Crippen molar-refractivity contribution in [3.63, 3.8) is 0 Å². The smallest absolute Gasteiger partial charge is 0.305 e. The average Bonchev–Trinajstić information content (AvgIpc) is 2.31. The van der Waals surface area contributed by atoms with Crippen LogP contribution in [0, 0.1) is 0 Å². The van der Waals surface area contributed by atoms with E-state index in [-0.39, 0.29) is 17.7 Å². The van der Waals surface area contributed by atoms with Crippen molar-refractivity contribution in [1.29, 1.82) is 0 Å². The number of hydrogen-bond acceptors (Lipinski definition) is 3. The fourth-order valence-corrected chi connectivity index (χ4v) is 1.91. The van der Waals surface area contributed by atoms with E-state index in [4.69, 9.17) is 16.7 Å². The molecule has 0 aliphatic rings. The molecule has 1 aromatic rings. The van der Waals surface area contributed by atoms with E-state index in [1.54, 1.807) is 0 Å². The van der Waals surface area contributed by atoms with Crippen LogP contribution >= 0.6 is 11.6 Å². The molecule has 1 rings (SSSR count). The molecule has 1 aromatic carbocycles. The highest BCUT2D eigenvalue weighted by molar-refractivity contribution is 6.31. The van der Waals surface area contributed by atoms with Gasteiger partial charge in [0.15, 0.2) is 0 Å². The van der Waals surface area contributed by atoms with Gasteiger partial charge < -0.3 is 15.5 Å². The molecular weight excluding hydrogens is 270 g/mol. The monoisotopic (exact) mass is 285 g/mol. The van der Waals surface area contributed by atoms with Crippen LogP contribution in [-0.4, -0.2) is 28.1 Å². The van der Waals surface area contributed by atoms with Gasteiger partial charge in [-0.2, -0.15) is 0 Å². The molecule has 0 saturated carbocycles. The largest absolute Gasteiger partial charge is 0.507 e. The number of aliphatic carboxylic acids is 1. The highest BCUT2D eigenvalue weighted by Crippen LogP contribution is 2.21. The van der Waals surface area contributed by atoms with Crippen molar-refractivity contribution in [2.75, 3.05) is 0 Å². The van der Waals surface area contributed by atoms with Gasteiger partial charge in [-0.25, -0.2) is 0 Å². The number of amides is 1. The highest BCUT2D eigenvalue weighted by Gasteiger charge is 2.18. The lowest BCUT2D eigenvalue weighted by atomic mass is 10.1. The number of aromatic hydroxyl groups is 1. The first kappa shape index (κ1) is 15.3. The summed E-state index contributed by atoms with van der Waals surface area (Å²) in [7, 11) is 0. The van der Waals surface area contributed by atoms with Crippen LogP contribution in [0.5, 0.6) is 5.75 Å². The van der Waals surface area contributed by atoms with E-state index in [1.165, 1.54) is 18.2 Å². The lowest BCUT2D eigenvalue weighted by molar-refractivity contribution is -0.137. The molecule has 0 aliphatic carbocycles. The number of phenolic OH excluding ortho intramolecular Hbond substituents is 1. The summed E-state index contributed by atoms with van der Waals surface area (Å²) in [5.41, 5.74) is 0.0407. The minimum Gasteiger partial charge on any atom is -0.507 e. The van der Waals surface area contributed by atoms with Gasteiger partial charge in [0.25, 0.3) is 5.91 Å². The van der Waals surface area contributed by atoms with Gasteiger partial charge in [-0.3, -0.25) is 9.59 Å². The lowest BCUT2D eigenvalue weighted by Gasteiger charge is -2.16. The molecule has 6 heteroatoms. The molecule has 5 nitrogen and oxygen atoms in total. The van der Waals surface area contributed by atoms with Crippen molar-refractivity contribution < 1.29 is 19.8 Å². The van der Waals surface area contributed by atoms with E-state index < -0.39 is 17.9 Å². The molecule has 0 bridgehead atoms. The minimum atomic E-state index is -0.978. The molecule has 104 valence electrons. The van der Waals surface area contributed by atoms with Gasteiger partial charge in [0.05, 0.1) is 12.0 Å². The first-order valence-corrected chi connectivity index (χ1v) is 6.33. The van der Waals surface area contributed by atoms with E-state index in [2.05, 4.69) is 5.32 Å². The zero-order valence-corrected chi connectivity index (χ0v) is 11.3. The molecule has 0 aliphatic heterocycles. The maximum absolute atomic E-state index is 12.0. The summed E-state index contributed by atoms with van der Waals surface area (Å²) in [5, 5.41) is 21.3. The van der Waals surface area contributed by atoms with Crippen molar-refractivity contribution in [2.24, 2.45) is 0 Å². The van der Waals surface area contributed by atoms with Crippen LogP contribution in [0.1, 0.15) is 36.5 Å².